The van der Waals surface area contributed by atoms with Crippen molar-refractivity contribution in [3.8, 4) is 22.9 Å². The Kier molecular flexibility index (Phi) is 9.14. The Bertz CT molecular complexity index is 1690. The molecular formula is C29H27ClN6O6S. The number of piperidine rings is 1. The summed E-state index contributed by atoms with van der Waals surface area (Å²) in [7, 11) is 0. The number of carboxylic acid groups (broad SMARTS) is 1. The maximum absolute atomic E-state index is 13.4. The number of ether oxygens (including phenoxy) is 1. The van der Waals surface area contributed by atoms with Gasteiger partial charge >= 0.3 is 6.09 Å². The Hall–Kier alpha value is -4.59. The summed E-state index contributed by atoms with van der Waals surface area (Å²) in [5, 5.41) is 12.7. The lowest BCUT2D eigenvalue weighted by Crippen LogP contribution is -2.44. The van der Waals surface area contributed by atoms with Gasteiger partial charge in [0.25, 0.3) is 17.2 Å². The number of aryl methyl sites for hydroxylation is 1. The van der Waals surface area contributed by atoms with Gasteiger partial charge in [-0.3, -0.25) is 9.35 Å². The molecule has 1 fully saturated rings. The third kappa shape index (κ3) is 6.91. The van der Waals surface area contributed by atoms with Gasteiger partial charge in [0, 0.05) is 37.1 Å². The van der Waals surface area contributed by atoms with E-state index < -0.39 is 23.3 Å². The fourth-order valence-corrected chi connectivity index (χ4v) is 5.49. The van der Waals surface area contributed by atoms with Crippen LogP contribution in [0.4, 0.5) is 16.4 Å². The molecule has 0 radical (unpaired) electrons. The molecule has 1 saturated heterocycles. The molecule has 0 bridgehead atoms. The van der Waals surface area contributed by atoms with Gasteiger partial charge in [-0.15, -0.1) is 0 Å². The maximum atomic E-state index is 13.4. The van der Waals surface area contributed by atoms with Crippen LogP contribution in [0, 0.1) is 6.92 Å². The second kappa shape index (κ2) is 13.2. The van der Waals surface area contributed by atoms with E-state index >= 15 is 0 Å². The summed E-state index contributed by atoms with van der Waals surface area (Å²) in [5.41, 5.74) is 1.93. The number of carbonyl (C=O) groups is 2. The van der Waals surface area contributed by atoms with E-state index in [1.807, 2.05) is 0 Å². The minimum atomic E-state index is -2.69. The lowest BCUT2D eigenvalue weighted by molar-refractivity contribution is 0.100. The molecule has 2 amide bonds. The van der Waals surface area contributed by atoms with Gasteiger partial charge in [0.2, 0.25) is 11.8 Å². The average molecular weight is 623 g/mol. The molecule has 12 nitrogen and oxygen atoms in total. The average Bonchev–Trinajstić information content (AvgIpc) is 2.99. The van der Waals surface area contributed by atoms with Crippen molar-refractivity contribution in [3.05, 3.63) is 89.2 Å². The van der Waals surface area contributed by atoms with E-state index in [4.69, 9.17) is 16.3 Å². The highest BCUT2D eigenvalue weighted by atomic mass is 35.5. The third-order valence-electron chi connectivity index (χ3n) is 6.78. The zero-order valence-corrected chi connectivity index (χ0v) is 24.5. The number of para-hydroxylation sites is 1. The molecule has 2 atom stereocenters. The first-order valence-corrected chi connectivity index (χ1v) is 14.7. The first-order valence-electron chi connectivity index (χ1n) is 13.2. The Morgan fingerprint density at radius 2 is 1.93 bits per heavy atom. The van der Waals surface area contributed by atoms with Gasteiger partial charge in [-0.1, -0.05) is 29.8 Å². The zero-order valence-electron chi connectivity index (χ0n) is 22.9. The first-order chi connectivity index (χ1) is 20.7. The number of pyridine rings is 1. The van der Waals surface area contributed by atoms with Gasteiger partial charge in [0.1, 0.15) is 5.75 Å². The van der Waals surface area contributed by atoms with E-state index in [2.05, 4.69) is 20.3 Å². The molecule has 1 aliphatic rings. The normalized spacial score (nSPS) is 15.4. The number of hydrogen-bond acceptors (Lipinski definition) is 8. The van der Waals surface area contributed by atoms with Crippen molar-refractivity contribution >= 4 is 46.5 Å². The molecule has 3 heterocycles. The monoisotopic (exact) mass is 622 g/mol. The predicted octanol–water partition coefficient (Wildman–Crippen LogP) is 5.63. The summed E-state index contributed by atoms with van der Waals surface area (Å²) in [6.45, 7) is 2.61. The second-order valence-electron chi connectivity index (χ2n) is 9.70. The summed E-state index contributed by atoms with van der Waals surface area (Å²) in [6, 6.07) is 16.0. The molecule has 0 aliphatic carbocycles. The number of hydrogen-bond donors (Lipinski definition) is 3. The highest BCUT2D eigenvalue weighted by Crippen LogP contribution is 2.34. The minimum Gasteiger partial charge on any atom is -0.465 e. The van der Waals surface area contributed by atoms with Crippen LogP contribution >= 0.6 is 11.6 Å². The van der Waals surface area contributed by atoms with Gasteiger partial charge < -0.3 is 20.1 Å². The van der Waals surface area contributed by atoms with Crippen molar-refractivity contribution in [1.29, 1.82) is 0 Å². The van der Waals surface area contributed by atoms with Gasteiger partial charge in [-0.05, 0) is 67.8 Å². The standard InChI is InChI=1S/C29H27ClN6O6S/c1-18-10-11-19(27(37)36(43(40)41)24-9-3-2-8-22(24)30)16-25(18)42-26-21(7-4-13-31-26)23-12-14-32-28(34-23)33-20-6-5-15-35(17-20)29(38)39/h2-4,7-14,16,20H,5-6,15,17H2,1H3,(H,38,39)(H,40,41)(H,32,33,34)/t20-/m0/s1. The van der Waals surface area contributed by atoms with Crippen LogP contribution in [0.25, 0.3) is 11.3 Å². The molecule has 0 spiro atoms. The molecule has 5 rings (SSSR count). The fourth-order valence-electron chi connectivity index (χ4n) is 4.64. The predicted molar refractivity (Wildman–Crippen MR) is 162 cm³/mol. The van der Waals surface area contributed by atoms with Gasteiger partial charge in [0.05, 0.1) is 22.0 Å². The molecule has 222 valence electrons. The van der Waals surface area contributed by atoms with E-state index in [9.17, 15) is 23.5 Å². The van der Waals surface area contributed by atoms with Crippen molar-refractivity contribution in [2.45, 2.75) is 25.8 Å². The molecule has 14 heteroatoms. The summed E-state index contributed by atoms with van der Waals surface area (Å²) in [6.07, 6.45) is 3.70. The summed E-state index contributed by atoms with van der Waals surface area (Å²) < 4.78 is 29.0. The van der Waals surface area contributed by atoms with Crippen LogP contribution in [-0.2, 0) is 11.3 Å². The number of likely N-dealkylation sites (tertiary alicyclic amines) is 1. The molecule has 3 N–H and O–H groups in total. The third-order valence-corrected chi connectivity index (χ3v) is 7.78. The maximum Gasteiger partial charge on any atom is 0.407 e. The van der Waals surface area contributed by atoms with Crippen molar-refractivity contribution < 1.29 is 28.2 Å². The van der Waals surface area contributed by atoms with E-state index in [1.165, 1.54) is 29.2 Å². The molecular weight excluding hydrogens is 596 g/mol. The van der Waals surface area contributed by atoms with E-state index in [1.54, 1.807) is 55.7 Å². The zero-order chi connectivity index (χ0) is 30.5. The summed E-state index contributed by atoms with van der Waals surface area (Å²) >= 11 is 3.52. The highest BCUT2D eigenvalue weighted by molar-refractivity contribution is 7.81. The quantitative estimate of drug-likeness (QED) is 0.210. The Morgan fingerprint density at radius 3 is 2.70 bits per heavy atom. The van der Waals surface area contributed by atoms with Gasteiger partial charge in [-0.2, -0.15) is 0 Å². The fraction of sp³-hybridized carbons (Fsp3) is 0.207. The molecule has 43 heavy (non-hydrogen) atoms. The molecule has 4 aromatic rings. The number of rotatable bonds is 8. The Labute approximate surface area is 254 Å². The van der Waals surface area contributed by atoms with E-state index in [-0.39, 0.29) is 28.2 Å². The molecule has 0 saturated carbocycles. The Balaban J connectivity index is 1.40. The van der Waals surface area contributed by atoms with Crippen molar-refractivity contribution in [2.24, 2.45) is 0 Å². The number of halogens is 1. The van der Waals surface area contributed by atoms with E-state index in [0.717, 1.165) is 12.8 Å². The van der Waals surface area contributed by atoms with Crippen LogP contribution in [0.15, 0.2) is 73.1 Å². The second-order valence-corrected chi connectivity index (χ2v) is 10.9. The number of aromatic nitrogens is 3. The minimum absolute atomic E-state index is 0.0853. The molecule has 1 unspecified atom stereocenters. The van der Waals surface area contributed by atoms with Crippen LogP contribution < -0.4 is 14.4 Å². The van der Waals surface area contributed by atoms with Gasteiger partial charge in [0.15, 0.2) is 0 Å². The molecule has 2 aromatic carbocycles. The number of nitrogens with one attached hydrogen (secondary N) is 1. The topological polar surface area (TPSA) is 158 Å². The number of nitrogens with zero attached hydrogens (tertiary/aromatic N) is 5. The number of benzene rings is 2. The summed E-state index contributed by atoms with van der Waals surface area (Å²) in [5.74, 6) is 0.0981. The summed E-state index contributed by atoms with van der Waals surface area (Å²) in [4.78, 5) is 39.5. The van der Waals surface area contributed by atoms with E-state index in [0.29, 0.717) is 45.9 Å². The first kappa shape index (κ1) is 29.9. The molecule has 1 aliphatic heterocycles. The lowest BCUT2D eigenvalue weighted by Gasteiger charge is -2.31. The van der Waals surface area contributed by atoms with Crippen LogP contribution in [-0.4, -0.2) is 64.9 Å². The number of anilines is 2. The van der Waals surface area contributed by atoms with Crippen molar-refractivity contribution in [2.75, 3.05) is 22.7 Å². The van der Waals surface area contributed by atoms with Crippen molar-refractivity contribution in [1.82, 2.24) is 19.9 Å². The van der Waals surface area contributed by atoms with Crippen LogP contribution in [0.5, 0.6) is 11.6 Å². The lowest BCUT2D eigenvalue weighted by atomic mass is 10.1. The smallest absolute Gasteiger partial charge is 0.407 e. The largest absolute Gasteiger partial charge is 0.465 e. The van der Waals surface area contributed by atoms with Crippen LogP contribution in [0.1, 0.15) is 28.8 Å². The SMILES string of the molecule is Cc1ccc(C(=O)N(c2ccccc2Cl)S(=O)O)cc1Oc1ncccc1-c1ccnc(N[C@H]2CCCN(C(=O)O)C2)n1. The highest BCUT2D eigenvalue weighted by Gasteiger charge is 2.26. The van der Waals surface area contributed by atoms with Crippen LogP contribution in [0.2, 0.25) is 5.02 Å². The molecule has 2 aromatic heterocycles. The van der Waals surface area contributed by atoms with Gasteiger partial charge in [-0.25, -0.2) is 28.3 Å². The number of carbonyl (C=O) groups excluding carboxylic acids is 1. The van der Waals surface area contributed by atoms with Crippen molar-refractivity contribution in [3.63, 3.8) is 0 Å². The number of amides is 2. The van der Waals surface area contributed by atoms with Crippen LogP contribution in [0.3, 0.4) is 0 Å². The Morgan fingerprint density at radius 1 is 1.12 bits per heavy atom.